The molecule has 8 heteroatoms. The monoisotopic (exact) mass is 425 g/mol. The lowest BCUT2D eigenvalue weighted by Gasteiger charge is -2.14. The topological polar surface area (TPSA) is 85.8 Å². The molecule has 0 fully saturated rings. The summed E-state index contributed by atoms with van der Waals surface area (Å²) in [6.45, 7) is 6.38. The normalized spacial score (nSPS) is 11.7. The second-order valence-corrected chi connectivity index (χ2v) is 7.34. The highest BCUT2D eigenvalue weighted by Crippen LogP contribution is 2.17. The van der Waals surface area contributed by atoms with Gasteiger partial charge in [0.1, 0.15) is 18.1 Å². The van der Waals surface area contributed by atoms with Crippen LogP contribution in [0.4, 0.5) is 5.69 Å². The molecule has 0 saturated heterocycles. The Bertz CT molecular complexity index is 917. The fraction of sp³-hybridized carbons (Fsp3) is 0.391. The predicted molar refractivity (Wildman–Crippen MR) is 121 cm³/mol. The Morgan fingerprint density at radius 3 is 2.71 bits per heavy atom. The van der Waals surface area contributed by atoms with Crippen molar-refractivity contribution in [2.45, 2.75) is 39.5 Å². The van der Waals surface area contributed by atoms with Crippen LogP contribution >= 0.6 is 0 Å². The second kappa shape index (κ2) is 11.8. The Labute approximate surface area is 183 Å². The first-order chi connectivity index (χ1) is 15.1. The summed E-state index contributed by atoms with van der Waals surface area (Å²) in [6.07, 6.45) is 4.41. The zero-order valence-electron chi connectivity index (χ0n) is 18.4. The summed E-state index contributed by atoms with van der Waals surface area (Å²) in [5.74, 6) is 2.37. The maximum Gasteiger partial charge on any atom is 0.196 e. The van der Waals surface area contributed by atoms with Crippen LogP contribution in [0, 0.1) is 0 Å². The van der Waals surface area contributed by atoms with Crippen molar-refractivity contribution in [3.05, 3.63) is 66.4 Å². The molecule has 0 unspecified atom stereocenters. The van der Waals surface area contributed by atoms with E-state index >= 15 is 0 Å². The quantitative estimate of drug-likeness (QED) is 0.275. The molecule has 3 rings (SSSR count). The van der Waals surface area contributed by atoms with Crippen molar-refractivity contribution >= 4 is 11.6 Å². The highest BCUT2D eigenvalue weighted by Gasteiger charge is 2.04. The number of rotatable bonds is 11. The molecule has 2 N–H and O–H groups in total. The third kappa shape index (κ3) is 7.82. The molecule has 0 aliphatic rings. The fourth-order valence-electron chi connectivity index (χ4n) is 2.83. The Morgan fingerprint density at radius 2 is 2.03 bits per heavy atom. The van der Waals surface area contributed by atoms with Gasteiger partial charge in [-0.05, 0) is 62.7 Å². The Morgan fingerprint density at radius 1 is 1.19 bits per heavy atom. The van der Waals surface area contributed by atoms with Crippen molar-refractivity contribution in [3.63, 3.8) is 0 Å². The van der Waals surface area contributed by atoms with Gasteiger partial charge in [0.2, 0.25) is 0 Å². The highest BCUT2D eigenvalue weighted by atomic mass is 16.5. The van der Waals surface area contributed by atoms with Crippen LogP contribution in [-0.4, -0.2) is 35.0 Å². The minimum absolute atomic E-state index is 0.145. The first kappa shape index (κ1) is 22.4. The van der Waals surface area contributed by atoms with Gasteiger partial charge in [0.05, 0.1) is 24.6 Å². The van der Waals surface area contributed by atoms with Crippen LogP contribution in [0.25, 0.3) is 0 Å². The van der Waals surface area contributed by atoms with Crippen LogP contribution in [0.15, 0.2) is 64.3 Å². The number of aryl methyl sites for hydroxylation is 1. The summed E-state index contributed by atoms with van der Waals surface area (Å²) >= 11 is 0. The van der Waals surface area contributed by atoms with E-state index in [2.05, 4.69) is 15.7 Å². The van der Waals surface area contributed by atoms with Gasteiger partial charge in [0, 0.05) is 32.1 Å². The van der Waals surface area contributed by atoms with Gasteiger partial charge in [-0.1, -0.05) is 0 Å². The maximum atomic E-state index is 5.71. The number of ether oxygens (including phenoxy) is 2. The van der Waals surface area contributed by atoms with Gasteiger partial charge < -0.3 is 24.5 Å². The summed E-state index contributed by atoms with van der Waals surface area (Å²) in [5, 5.41) is 10.9. The lowest BCUT2D eigenvalue weighted by molar-refractivity contribution is 0.105. The first-order valence-electron chi connectivity index (χ1n) is 10.5. The van der Waals surface area contributed by atoms with Crippen molar-refractivity contribution in [1.82, 2.24) is 15.1 Å². The van der Waals surface area contributed by atoms with Crippen molar-refractivity contribution in [2.75, 3.05) is 18.5 Å². The summed E-state index contributed by atoms with van der Waals surface area (Å²) in [5.41, 5.74) is 1.96. The number of anilines is 1. The summed E-state index contributed by atoms with van der Waals surface area (Å²) in [6, 6.07) is 13.6. The number of guanidine groups is 1. The molecule has 166 valence electrons. The molecule has 0 atom stereocenters. The minimum Gasteiger partial charge on any atom is -0.491 e. The average molecular weight is 426 g/mol. The molecule has 0 aliphatic heterocycles. The number of aliphatic imine (C=N–C) groups is 1. The third-order valence-electron chi connectivity index (χ3n) is 4.39. The SMILES string of the molecule is CC(C)Oc1ccc(NC(=NCc2ccnn2C)NCCCOCc2ccco2)cc1. The number of benzene rings is 1. The molecule has 2 aromatic heterocycles. The zero-order chi connectivity index (χ0) is 21.9. The molecule has 1 aromatic carbocycles. The van der Waals surface area contributed by atoms with Crippen LogP contribution in [0.3, 0.4) is 0 Å². The standard InChI is InChI=1S/C23H31N5O3/c1-18(2)31-21-9-7-19(8-10-21)27-23(25-16-20-11-13-26-28(20)3)24-12-5-14-29-17-22-6-4-15-30-22/h4,6-11,13,15,18H,5,12,14,16-17H2,1-3H3,(H2,24,25,27). The number of aromatic nitrogens is 2. The van der Waals surface area contributed by atoms with E-state index in [9.17, 15) is 0 Å². The van der Waals surface area contributed by atoms with Gasteiger partial charge in [-0.3, -0.25) is 4.68 Å². The molecular formula is C23H31N5O3. The van der Waals surface area contributed by atoms with Gasteiger partial charge >= 0.3 is 0 Å². The smallest absolute Gasteiger partial charge is 0.196 e. The zero-order valence-corrected chi connectivity index (χ0v) is 18.4. The van der Waals surface area contributed by atoms with E-state index in [0.717, 1.165) is 35.9 Å². The number of nitrogens with one attached hydrogen (secondary N) is 2. The van der Waals surface area contributed by atoms with E-state index in [4.69, 9.17) is 18.9 Å². The van der Waals surface area contributed by atoms with Crippen LogP contribution < -0.4 is 15.4 Å². The highest BCUT2D eigenvalue weighted by molar-refractivity contribution is 5.93. The summed E-state index contributed by atoms with van der Waals surface area (Å²) in [7, 11) is 1.91. The Hall–Kier alpha value is -3.26. The largest absolute Gasteiger partial charge is 0.491 e. The number of hydrogen-bond acceptors (Lipinski definition) is 5. The molecule has 0 spiro atoms. The van der Waals surface area contributed by atoms with Crippen LogP contribution in [0.2, 0.25) is 0 Å². The van der Waals surface area contributed by atoms with E-state index < -0.39 is 0 Å². The van der Waals surface area contributed by atoms with Gasteiger partial charge in [-0.25, -0.2) is 4.99 Å². The molecule has 8 nitrogen and oxygen atoms in total. The molecular weight excluding hydrogens is 394 g/mol. The lowest BCUT2D eigenvalue weighted by Crippen LogP contribution is -2.32. The predicted octanol–water partition coefficient (Wildman–Crippen LogP) is 3.96. The Kier molecular flexibility index (Phi) is 8.54. The van der Waals surface area contributed by atoms with Crippen molar-refractivity contribution < 1.29 is 13.9 Å². The van der Waals surface area contributed by atoms with Gasteiger partial charge in [0.15, 0.2) is 5.96 Å². The van der Waals surface area contributed by atoms with Crippen LogP contribution in [0.5, 0.6) is 5.75 Å². The fourth-order valence-corrected chi connectivity index (χ4v) is 2.83. The molecule has 2 heterocycles. The first-order valence-corrected chi connectivity index (χ1v) is 10.5. The second-order valence-electron chi connectivity index (χ2n) is 7.34. The third-order valence-corrected chi connectivity index (χ3v) is 4.39. The summed E-state index contributed by atoms with van der Waals surface area (Å²) in [4.78, 5) is 4.70. The number of hydrogen-bond donors (Lipinski definition) is 2. The molecule has 0 radical (unpaired) electrons. The minimum atomic E-state index is 0.145. The molecule has 0 saturated carbocycles. The van der Waals surface area contributed by atoms with Crippen molar-refractivity contribution in [3.8, 4) is 5.75 Å². The van der Waals surface area contributed by atoms with Gasteiger partial charge in [0.25, 0.3) is 0 Å². The van der Waals surface area contributed by atoms with Crippen LogP contribution in [-0.2, 0) is 24.9 Å². The molecule has 0 amide bonds. The number of nitrogens with zero attached hydrogens (tertiary/aromatic N) is 3. The maximum absolute atomic E-state index is 5.71. The van der Waals surface area contributed by atoms with E-state index in [1.165, 1.54) is 0 Å². The lowest BCUT2D eigenvalue weighted by atomic mass is 10.3. The van der Waals surface area contributed by atoms with Gasteiger partial charge in [-0.2, -0.15) is 5.10 Å². The van der Waals surface area contributed by atoms with E-state index in [1.807, 2.05) is 68.0 Å². The summed E-state index contributed by atoms with van der Waals surface area (Å²) < 4.78 is 18.4. The molecule has 0 bridgehead atoms. The van der Waals surface area contributed by atoms with E-state index in [1.54, 1.807) is 12.5 Å². The van der Waals surface area contributed by atoms with E-state index in [-0.39, 0.29) is 6.10 Å². The molecule has 31 heavy (non-hydrogen) atoms. The average Bonchev–Trinajstić information content (AvgIpc) is 3.41. The van der Waals surface area contributed by atoms with Crippen LogP contribution in [0.1, 0.15) is 31.7 Å². The van der Waals surface area contributed by atoms with Crippen molar-refractivity contribution in [2.24, 2.45) is 12.0 Å². The van der Waals surface area contributed by atoms with Crippen molar-refractivity contribution in [1.29, 1.82) is 0 Å². The van der Waals surface area contributed by atoms with Gasteiger partial charge in [-0.15, -0.1) is 0 Å². The molecule has 3 aromatic rings. The Balaban J connectivity index is 1.52. The molecule has 0 aliphatic carbocycles. The van der Waals surface area contributed by atoms with E-state index in [0.29, 0.717) is 25.7 Å². The number of furan rings is 1.